The van der Waals surface area contributed by atoms with E-state index in [-0.39, 0.29) is 17.2 Å². The summed E-state index contributed by atoms with van der Waals surface area (Å²) in [5.41, 5.74) is 2.86. The van der Waals surface area contributed by atoms with Gasteiger partial charge >= 0.3 is 0 Å². The first kappa shape index (κ1) is 20.9. The predicted molar refractivity (Wildman–Crippen MR) is 116 cm³/mol. The van der Waals surface area contributed by atoms with Gasteiger partial charge in [-0.15, -0.1) is 0 Å². The van der Waals surface area contributed by atoms with Gasteiger partial charge in [0, 0.05) is 19.7 Å². The molecule has 1 saturated carbocycles. The lowest BCUT2D eigenvalue weighted by Crippen LogP contribution is -2.28. The van der Waals surface area contributed by atoms with Crippen molar-refractivity contribution in [3.05, 3.63) is 59.2 Å². The molecule has 0 bridgehead atoms. The second kappa shape index (κ2) is 7.54. The van der Waals surface area contributed by atoms with Gasteiger partial charge in [-0.2, -0.15) is 0 Å². The van der Waals surface area contributed by atoms with Gasteiger partial charge in [0.25, 0.3) is 5.91 Å². The van der Waals surface area contributed by atoms with E-state index in [2.05, 4.69) is 50.4 Å². The van der Waals surface area contributed by atoms with Crippen molar-refractivity contribution in [2.45, 2.75) is 44.4 Å². The van der Waals surface area contributed by atoms with Crippen LogP contribution in [0.15, 0.2) is 42.5 Å². The minimum Gasteiger partial charge on any atom is -0.495 e. The minimum atomic E-state index is -0.511. The van der Waals surface area contributed by atoms with Gasteiger partial charge in [-0.3, -0.25) is 9.59 Å². The standard InChI is InChI=1S/C24H30N2O3/c1-23(2,3)17-8-10-18(11-9-17)24(13-14-24)22(28)25-19-15-16(21(27)26(4)5)7-12-20(19)29-6/h7-12,15H,13-14H2,1-6H3,(H,25,28). The molecule has 0 spiro atoms. The molecule has 5 nitrogen and oxygen atoms in total. The van der Waals surface area contributed by atoms with Crippen molar-refractivity contribution < 1.29 is 14.3 Å². The smallest absolute Gasteiger partial charge is 0.253 e. The fraction of sp³-hybridized carbons (Fsp3) is 0.417. The van der Waals surface area contributed by atoms with Crippen LogP contribution in [0.4, 0.5) is 5.69 Å². The molecule has 1 fully saturated rings. The maximum atomic E-state index is 13.2. The van der Waals surface area contributed by atoms with Crippen LogP contribution >= 0.6 is 0 Å². The number of rotatable bonds is 5. The molecule has 1 N–H and O–H groups in total. The molecule has 1 aliphatic rings. The maximum Gasteiger partial charge on any atom is 0.253 e. The largest absolute Gasteiger partial charge is 0.495 e. The number of nitrogens with one attached hydrogen (secondary N) is 1. The van der Waals surface area contributed by atoms with Gasteiger partial charge in [0.15, 0.2) is 0 Å². The monoisotopic (exact) mass is 394 g/mol. The number of carbonyl (C=O) groups excluding carboxylic acids is 2. The van der Waals surface area contributed by atoms with Gasteiger partial charge in [0.1, 0.15) is 5.75 Å². The number of nitrogens with zero attached hydrogens (tertiary/aromatic N) is 1. The van der Waals surface area contributed by atoms with E-state index in [1.165, 1.54) is 10.5 Å². The summed E-state index contributed by atoms with van der Waals surface area (Å²) >= 11 is 0. The fourth-order valence-electron chi connectivity index (χ4n) is 3.50. The number of benzene rings is 2. The molecule has 0 unspecified atom stereocenters. The van der Waals surface area contributed by atoms with Crippen LogP contribution in [-0.4, -0.2) is 37.9 Å². The first-order valence-corrected chi connectivity index (χ1v) is 9.91. The van der Waals surface area contributed by atoms with E-state index in [1.54, 1.807) is 39.4 Å². The molecule has 3 rings (SSSR count). The zero-order valence-electron chi connectivity index (χ0n) is 18.1. The molecule has 2 amide bonds. The van der Waals surface area contributed by atoms with E-state index in [1.807, 2.05) is 0 Å². The topological polar surface area (TPSA) is 58.6 Å². The van der Waals surface area contributed by atoms with Crippen molar-refractivity contribution in [2.24, 2.45) is 0 Å². The minimum absolute atomic E-state index is 0.0613. The van der Waals surface area contributed by atoms with Crippen molar-refractivity contribution in [2.75, 3.05) is 26.5 Å². The molecular formula is C24H30N2O3. The zero-order chi connectivity index (χ0) is 21.4. The maximum absolute atomic E-state index is 13.2. The van der Waals surface area contributed by atoms with E-state index in [4.69, 9.17) is 4.74 Å². The quantitative estimate of drug-likeness (QED) is 0.819. The number of anilines is 1. The lowest BCUT2D eigenvalue weighted by Gasteiger charge is -2.22. The van der Waals surface area contributed by atoms with E-state index < -0.39 is 5.41 Å². The van der Waals surface area contributed by atoms with Crippen LogP contribution in [0.1, 0.15) is 55.1 Å². The van der Waals surface area contributed by atoms with Crippen molar-refractivity contribution in [1.29, 1.82) is 0 Å². The summed E-state index contributed by atoms with van der Waals surface area (Å²) in [7, 11) is 4.95. The zero-order valence-corrected chi connectivity index (χ0v) is 18.1. The van der Waals surface area contributed by atoms with Gasteiger partial charge < -0.3 is 15.0 Å². The van der Waals surface area contributed by atoms with Crippen LogP contribution in [0.3, 0.4) is 0 Å². The van der Waals surface area contributed by atoms with Gasteiger partial charge in [-0.1, -0.05) is 45.0 Å². The molecule has 0 saturated heterocycles. The van der Waals surface area contributed by atoms with Gasteiger partial charge in [0.05, 0.1) is 18.2 Å². The highest BCUT2D eigenvalue weighted by atomic mass is 16.5. The van der Waals surface area contributed by atoms with Crippen LogP contribution in [0, 0.1) is 0 Å². The summed E-state index contributed by atoms with van der Waals surface area (Å²) in [4.78, 5) is 27.0. The molecule has 0 heterocycles. The molecule has 1 aliphatic carbocycles. The molecule has 0 aliphatic heterocycles. The molecule has 2 aromatic rings. The number of hydrogen-bond acceptors (Lipinski definition) is 3. The Bertz CT molecular complexity index is 920. The van der Waals surface area contributed by atoms with Crippen molar-refractivity contribution in [1.82, 2.24) is 4.90 Å². The average Bonchev–Trinajstić information content (AvgIpc) is 3.48. The van der Waals surface area contributed by atoms with E-state index in [9.17, 15) is 9.59 Å². The third-order valence-corrected chi connectivity index (χ3v) is 5.59. The second-order valence-electron chi connectivity index (χ2n) is 8.98. The van der Waals surface area contributed by atoms with Crippen LogP contribution in [0.5, 0.6) is 5.75 Å². The van der Waals surface area contributed by atoms with Crippen LogP contribution < -0.4 is 10.1 Å². The van der Waals surface area contributed by atoms with Crippen LogP contribution in [0.25, 0.3) is 0 Å². The predicted octanol–water partition coefficient (Wildman–Crippen LogP) is 4.36. The molecule has 5 heteroatoms. The normalized spacial score (nSPS) is 14.8. The molecular weight excluding hydrogens is 364 g/mol. The lowest BCUT2D eigenvalue weighted by molar-refractivity contribution is -0.118. The van der Waals surface area contributed by atoms with E-state index in [0.29, 0.717) is 17.0 Å². The Morgan fingerprint density at radius 1 is 1.03 bits per heavy atom. The second-order valence-corrected chi connectivity index (χ2v) is 8.98. The SMILES string of the molecule is COc1ccc(C(=O)N(C)C)cc1NC(=O)C1(c2ccc(C(C)(C)C)cc2)CC1. The Labute approximate surface area is 173 Å². The molecule has 154 valence electrons. The number of hydrogen-bond donors (Lipinski definition) is 1. The van der Waals surface area contributed by atoms with Crippen molar-refractivity contribution >= 4 is 17.5 Å². The van der Waals surface area contributed by atoms with Crippen LogP contribution in [0.2, 0.25) is 0 Å². The Morgan fingerprint density at radius 2 is 1.66 bits per heavy atom. The Hall–Kier alpha value is -2.82. The van der Waals surface area contributed by atoms with E-state index >= 15 is 0 Å². The highest BCUT2D eigenvalue weighted by Gasteiger charge is 2.51. The Morgan fingerprint density at radius 3 is 2.14 bits per heavy atom. The van der Waals surface area contributed by atoms with Gasteiger partial charge in [-0.05, 0) is 47.6 Å². The highest BCUT2D eigenvalue weighted by Crippen LogP contribution is 2.49. The first-order valence-electron chi connectivity index (χ1n) is 9.91. The molecule has 0 aromatic heterocycles. The molecule has 2 aromatic carbocycles. The Kier molecular flexibility index (Phi) is 5.44. The van der Waals surface area contributed by atoms with Crippen molar-refractivity contribution in [3.8, 4) is 5.75 Å². The number of amides is 2. The summed E-state index contributed by atoms with van der Waals surface area (Å²) in [5, 5.41) is 3.01. The molecule has 0 radical (unpaired) electrons. The fourth-order valence-corrected chi connectivity index (χ4v) is 3.50. The summed E-state index contributed by atoms with van der Waals surface area (Å²) in [5.74, 6) is 0.350. The number of methoxy groups -OCH3 is 1. The third-order valence-electron chi connectivity index (χ3n) is 5.59. The number of carbonyl (C=O) groups is 2. The lowest BCUT2D eigenvalue weighted by atomic mass is 9.85. The number of ether oxygens (including phenoxy) is 1. The van der Waals surface area contributed by atoms with Gasteiger partial charge in [-0.25, -0.2) is 0 Å². The summed E-state index contributed by atoms with van der Waals surface area (Å²) in [6.07, 6.45) is 1.62. The van der Waals surface area contributed by atoms with E-state index in [0.717, 1.165) is 18.4 Å². The molecule has 29 heavy (non-hydrogen) atoms. The highest BCUT2D eigenvalue weighted by molar-refractivity contribution is 6.03. The van der Waals surface area contributed by atoms with Gasteiger partial charge in [0.2, 0.25) is 5.91 Å². The van der Waals surface area contributed by atoms with Crippen molar-refractivity contribution in [3.63, 3.8) is 0 Å². The molecule has 0 atom stereocenters. The average molecular weight is 395 g/mol. The Balaban J connectivity index is 1.86. The first-order chi connectivity index (χ1) is 13.6. The van der Waals surface area contributed by atoms with Crippen LogP contribution in [-0.2, 0) is 15.6 Å². The summed E-state index contributed by atoms with van der Waals surface area (Å²) < 4.78 is 5.39. The summed E-state index contributed by atoms with van der Waals surface area (Å²) in [6, 6.07) is 13.4. The summed E-state index contributed by atoms with van der Waals surface area (Å²) in [6.45, 7) is 6.53. The third kappa shape index (κ3) is 4.14.